The van der Waals surface area contributed by atoms with Crippen LogP contribution in [0, 0.1) is 12.8 Å². The Morgan fingerprint density at radius 2 is 1.77 bits per heavy atom. The molecular formula is C18H26O3S. The molecule has 0 heterocycles. The molecule has 0 unspecified atom stereocenters. The Labute approximate surface area is 134 Å². The van der Waals surface area contributed by atoms with Gasteiger partial charge in [0.2, 0.25) is 0 Å². The van der Waals surface area contributed by atoms with Gasteiger partial charge in [-0.15, -0.1) is 0 Å². The van der Waals surface area contributed by atoms with E-state index in [4.69, 9.17) is 0 Å². The fourth-order valence-electron chi connectivity index (χ4n) is 3.43. The number of carbonyl (C=O) groups is 1. The third kappa shape index (κ3) is 4.94. The first-order chi connectivity index (χ1) is 10.4. The van der Waals surface area contributed by atoms with Crippen LogP contribution in [0.25, 0.3) is 0 Å². The highest BCUT2D eigenvalue weighted by Crippen LogP contribution is 2.26. The zero-order valence-corrected chi connectivity index (χ0v) is 14.4. The number of benzene rings is 1. The smallest absolute Gasteiger partial charge is 0.175 e. The maximum atomic E-state index is 12.3. The molecule has 0 radical (unpaired) electrons. The van der Waals surface area contributed by atoms with E-state index in [1.807, 2.05) is 6.07 Å². The highest BCUT2D eigenvalue weighted by Gasteiger charge is 2.17. The van der Waals surface area contributed by atoms with Gasteiger partial charge in [-0.25, -0.2) is 8.42 Å². The van der Waals surface area contributed by atoms with E-state index in [0.29, 0.717) is 23.7 Å². The van der Waals surface area contributed by atoms with Crippen molar-refractivity contribution in [3.05, 3.63) is 29.3 Å². The Hall–Kier alpha value is -1.16. The Kier molecular flexibility index (Phi) is 5.79. The quantitative estimate of drug-likeness (QED) is 0.773. The summed E-state index contributed by atoms with van der Waals surface area (Å²) < 4.78 is 23.2. The molecule has 1 aromatic carbocycles. The molecule has 0 aliphatic heterocycles. The molecule has 2 rings (SSSR count). The molecule has 1 fully saturated rings. The number of Topliss-reactive ketones (excluding diaryl/α,β-unsaturated/α-hetero) is 1. The van der Waals surface area contributed by atoms with Gasteiger partial charge in [0.05, 0.1) is 4.90 Å². The second-order valence-corrected chi connectivity index (χ2v) is 8.63. The fourth-order valence-corrected chi connectivity index (χ4v) is 4.39. The summed E-state index contributed by atoms with van der Waals surface area (Å²) in [5.41, 5.74) is 1.64. The van der Waals surface area contributed by atoms with E-state index < -0.39 is 9.84 Å². The van der Waals surface area contributed by atoms with Crippen molar-refractivity contribution in [3.63, 3.8) is 0 Å². The van der Waals surface area contributed by atoms with Gasteiger partial charge in [-0.1, -0.05) is 50.7 Å². The Bertz CT molecular complexity index is 624. The number of sulfone groups is 1. The van der Waals surface area contributed by atoms with E-state index in [0.717, 1.165) is 11.1 Å². The van der Waals surface area contributed by atoms with Gasteiger partial charge in [-0.05, 0) is 30.0 Å². The molecular weight excluding hydrogens is 296 g/mol. The highest BCUT2D eigenvalue weighted by atomic mass is 32.2. The van der Waals surface area contributed by atoms with Crippen molar-refractivity contribution >= 4 is 15.6 Å². The molecule has 4 heteroatoms. The Balaban J connectivity index is 1.98. The molecule has 122 valence electrons. The van der Waals surface area contributed by atoms with Gasteiger partial charge in [-0.2, -0.15) is 0 Å². The summed E-state index contributed by atoms with van der Waals surface area (Å²) in [5.74, 6) is 0.824. The monoisotopic (exact) mass is 322 g/mol. The van der Waals surface area contributed by atoms with Gasteiger partial charge in [0.25, 0.3) is 0 Å². The van der Waals surface area contributed by atoms with Crippen molar-refractivity contribution in [2.75, 3.05) is 6.26 Å². The highest BCUT2D eigenvalue weighted by molar-refractivity contribution is 7.90. The van der Waals surface area contributed by atoms with Crippen LogP contribution >= 0.6 is 0 Å². The van der Waals surface area contributed by atoms with E-state index in [2.05, 4.69) is 0 Å². The van der Waals surface area contributed by atoms with Crippen molar-refractivity contribution in [1.82, 2.24) is 0 Å². The summed E-state index contributed by atoms with van der Waals surface area (Å²) in [6, 6.07) is 5.23. The van der Waals surface area contributed by atoms with Crippen LogP contribution in [-0.2, 0) is 21.1 Å². The van der Waals surface area contributed by atoms with Crippen LogP contribution in [-0.4, -0.2) is 20.5 Å². The number of hydrogen-bond donors (Lipinski definition) is 0. The number of rotatable bonds is 5. The zero-order valence-electron chi connectivity index (χ0n) is 13.6. The lowest BCUT2D eigenvalue weighted by atomic mass is 9.92. The standard InChI is InChI=1S/C18H26O3S/c1-14-11-16(9-10-18(14)22(2,20)21)13-17(19)12-15-7-5-3-4-6-8-15/h9-11,15H,3-8,12-13H2,1-2H3. The van der Waals surface area contributed by atoms with Crippen LogP contribution in [0.15, 0.2) is 23.1 Å². The van der Waals surface area contributed by atoms with Gasteiger partial charge in [-0.3, -0.25) is 4.79 Å². The van der Waals surface area contributed by atoms with Crippen molar-refractivity contribution < 1.29 is 13.2 Å². The Morgan fingerprint density at radius 1 is 1.14 bits per heavy atom. The summed E-state index contributed by atoms with van der Waals surface area (Å²) in [7, 11) is -3.19. The molecule has 3 nitrogen and oxygen atoms in total. The predicted octanol–water partition coefficient (Wildman–Crippen LogP) is 3.87. The van der Waals surface area contributed by atoms with Gasteiger partial charge in [0.15, 0.2) is 9.84 Å². The molecule has 0 bridgehead atoms. The van der Waals surface area contributed by atoms with Crippen LogP contribution in [0.2, 0.25) is 0 Å². The Morgan fingerprint density at radius 3 is 2.32 bits per heavy atom. The predicted molar refractivity (Wildman–Crippen MR) is 88.8 cm³/mol. The molecule has 1 aliphatic carbocycles. The molecule has 0 amide bonds. The average Bonchev–Trinajstić information content (AvgIpc) is 2.65. The normalized spacial score (nSPS) is 17.2. The number of hydrogen-bond acceptors (Lipinski definition) is 3. The van der Waals surface area contributed by atoms with Gasteiger partial charge in [0.1, 0.15) is 5.78 Å². The van der Waals surface area contributed by atoms with E-state index in [1.54, 1.807) is 19.1 Å². The molecule has 1 saturated carbocycles. The van der Waals surface area contributed by atoms with Crippen LogP contribution in [0.4, 0.5) is 0 Å². The minimum Gasteiger partial charge on any atom is -0.299 e. The van der Waals surface area contributed by atoms with Gasteiger partial charge in [0, 0.05) is 19.1 Å². The van der Waals surface area contributed by atoms with Crippen LogP contribution in [0.5, 0.6) is 0 Å². The van der Waals surface area contributed by atoms with E-state index >= 15 is 0 Å². The molecule has 1 aromatic rings. The maximum Gasteiger partial charge on any atom is 0.175 e. The van der Waals surface area contributed by atoms with Crippen LogP contribution in [0.3, 0.4) is 0 Å². The largest absolute Gasteiger partial charge is 0.299 e. The molecule has 22 heavy (non-hydrogen) atoms. The SMILES string of the molecule is Cc1cc(CC(=O)CC2CCCCCC2)ccc1S(C)(=O)=O. The lowest BCUT2D eigenvalue weighted by Crippen LogP contribution is -2.11. The first-order valence-corrected chi connectivity index (χ1v) is 10.1. The summed E-state index contributed by atoms with van der Waals surface area (Å²) >= 11 is 0. The molecule has 0 spiro atoms. The molecule has 0 saturated heterocycles. The van der Waals surface area contributed by atoms with Crippen molar-refractivity contribution in [3.8, 4) is 0 Å². The minimum atomic E-state index is -3.19. The topological polar surface area (TPSA) is 51.2 Å². The first kappa shape index (κ1) is 17.2. The van der Waals surface area contributed by atoms with Crippen LogP contribution < -0.4 is 0 Å². The molecule has 1 aliphatic rings. The van der Waals surface area contributed by atoms with E-state index in [-0.39, 0.29) is 5.78 Å². The lowest BCUT2D eigenvalue weighted by Gasteiger charge is -2.13. The van der Waals surface area contributed by atoms with Crippen molar-refractivity contribution in [2.24, 2.45) is 5.92 Å². The summed E-state index contributed by atoms with van der Waals surface area (Å²) in [6.45, 7) is 1.79. The second kappa shape index (κ2) is 7.40. The van der Waals surface area contributed by atoms with Gasteiger partial charge >= 0.3 is 0 Å². The van der Waals surface area contributed by atoms with E-state index in [9.17, 15) is 13.2 Å². The molecule has 0 N–H and O–H groups in total. The third-order valence-corrected chi connectivity index (χ3v) is 5.79. The second-order valence-electron chi connectivity index (χ2n) is 6.65. The number of ketones is 1. The first-order valence-electron chi connectivity index (χ1n) is 8.17. The maximum absolute atomic E-state index is 12.3. The third-order valence-electron chi connectivity index (χ3n) is 4.53. The fraction of sp³-hybridized carbons (Fsp3) is 0.611. The molecule has 0 aromatic heterocycles. The summed E-state index contributed by atoms with van der Waals surface area (Å²) in [5, 5.41) is 0. The average molecular weight is 322 g/mol. The van der Waals surface area contributed by atoms with Crippen LogP contribution in [0.1, 0.15) is 56.1 Å². The van der Waals surface area contributed by atoms with E-state index in [1.165, 1.54) is 44.8 Å². The lowest BCUT2D eigenvalue weighted by molar-refractivity contribution is -0.119. The summed E-state index contributed by atoms with van der Waals surface area (Å²) in [6.07, 6.45) is 9.77. The minimum absolute atomic E-state index is 0.276. The molecule has 0 atom stereocenters. The van der Waals surface area contributed by atoms with Gasteiger partial charge < -0.3 is 0 Å². The zero-order chi connectivity index (χ0) is 16.2. The van der Waals surface area contributed by atoms with Crippen molar-refractivity contribution in [2.45, 2.75) is 63.2 Å². The number of aryl methyl sites for hydroxylation is 1. The van der Waals surface area contributed by atoms with Crippen molar-refractivity contribution in [1.29, 1.82) is 0 Å². The summed E-state index contributed by atoms with van der Waals surface area (Å²) in [4.78, 5) is 12.6. The number of carbonyl (C=O) groups excluding carboxylic acids is 1.